The first kappa shape index (κ1) is 13.2. The lowest BCUT2D eigenvalue weighted by molar-refractivity contribution is 0.342. The normalized spacial score (nSPS) is 23.6. The molecule has 16 heavy (non-hydrogen) atoms. The number of thioether (sulfide) groups is 1. The van der Waals surface area contributed by atoms with Crippen LogP contribution in [-0.4, -0.2) is 30.3 Å². The van der Waals surface area contributed by atoms with Gasteiger partial charge in [-0.1, -0.05) is 25.7 Å². The Morgan fingerprint density at radius 1 is 1.50 bits per heavy atom. The second-order valence-electron chi connectivity index (χ2n) is 4.05. The van der Waals surface area contributed by atoms with Gasteiger partial charge in [0.2, 0.25) is 0 Å². The molecule has 0 amide bonds. The standard InChI is InChI=1S/C13H18N2S/c1-4-15(5-2)8-6-7-12-9-16-11-13(12,3)10-14/h9H,4-5,8,11H2,1-3H3. The Morgan fingerprint density at radius 3 is 2.75 bits per heavy atom. The monoisotopic (exact) mass is 234 g/mol. The Morgan fingerprint density at radius 2 is 2.19 bits per heavy atom. The molecule has 1 aliphatic heterocycles. The molecule has 2 nitrogen and oxygen atoms in total. The van der Waals surface area contributed by atoms with Gasteiger partial charge in [-0.15, -0.1) is 11.8 Å². The molecule has 0 aromatic carbocycles. The molecule has 0 radical (unpaired) electrons. The Balaban J connectivity index is 2.62. The van der Waals surface area contributed by atoms with Gasteiger partial charge < -0.3 is 0 Å². The number of nitrogens with zero attached hydrogens (tertiary/aromatic N) is 2. The highest BCUT2D eigenvalue weighted by molar-refractivity contribution is 8.02. The summed E-state index contributed by atoms with van der Waals surface area (Å²) in [5.41, 5.74) is 0.605. The molecule has 1 rings (SSSR count). The molecule has 1 atom stereocenters. The van der Waals surface area contributed by atoms with Gasteiger partial charge >= 0.3 is 0 Å². The maximum absolute atomic E-state index is 9.11. The van der Waals surface area contributed by atoms with Gasteiger partial charge in [0, 0.05) is 11.3 Å². The zero-order valence-corrected chi connectivity index (χ0v) is 11.0. The molecule has 1 aliphatic rings. The van der Waals surface area contributed by atoms with Crippen LogP contribution in [0.25, 0.3) is 0 Å². The third-order valence-electron chi connectivity index (χ3n) is 2.83. The predicted molar refractivity (Wildman–Crippen MR) is 69.8 cm³/mol. The lowest BCUT2D eigenvalue weighted by atomic mass is 9.87. The maximum Gasteiger partial charge on any atom is 0.0970 e. The summed E-state index contributed by atoms with van der Waals surface area (Å²) in [6.07, 6.45) is 0. The van der Waals surface area contributed by atoms with E-state index in [9.17, 15) is 0 Å². The van der Waals surface area contributed by atoms with Crippen molar-refractivity contribution in [2.45, 2.75) is 20.8 Å². The summed E-state index contributed by atoms with van der Waals surface area (Å²) >= 11 is 1.68. The predicted octanol–water partition coefficient (Wildman–Crippen LogP) is 2.49. The molecule has 0 aromatic heterocycles. The van der Waals surface area contributed by atoms with E-state index in [-0.39, 0.29) is 5.41 Å². The summed E-state index contributed by atoms with van der Waals surface area (Å²) < 4.78 is 0. The molecule has 1 heterocycles. The van der Waals surface area contributed by atoms with Crippen molar-refractivity contribution >= 4 is 11.8 Å². The van der Waals surface area contributed by atoms with Crippen molar-refractivity contribution in [2.75, 3.05) is 25.4 Å². The van der Waals surface area contributed by atoms with Gasteiger partial charge in [-0.05, 0) is 25.4 Å². The molecule has 0 saturated carbocycles. The Kier molecular flexibility index (Phi) is 4.93. The Bertz CT molecular complexity index is 366. The molecular formula is C13H18N2S. The van der Waals surface area contributed by atoms with Crippen molar-refractivity contribution in [3.05, 3.63) is 11.0 Å². The van der Waals surface area contributed by atoms with Crippen molar-refractivity contribution in [1.82, 2.24) is 4.90 Å². The van der Waals surface area contributed by atoms with Crippen LogP contribution in [0, 0.1) is 28.6 Å². The first-order valence-electron chi connectivity index (χ1n) is 5.61. The van der Waals surface area contributed by atoms with E-state index < -0.39 is 0 Å². The van der Waals surface area contributed by atoms with E-state index in [2.05, 4.69) is 36.7 Å². The summed E-state index contributed by atoms with van der Waals surface area (Å²) in [5.74, 6) is 7.14. The summed E-state index contributed by atoms with van der Waals surface area (Å²) in [7, 11) is 0. The summed E-state index contributed by atoms with van der Waals surface area (Å²) in [4.78, 5) is 2.26. The van der Waals surface area contributed by atoms with E-state index in [1.165, 1.54) is 0 Å². The average molecular weight is 234 g/mol. The van der Waals surface area contributed by atoms with Gasteiger partial charge in [0.1, 0.15) is 0 Å². The average Bonchev–Trinajstić information content (AvgIpc) is 2.67. The van der Waals surface area contributed by atoms with Crippen molar-refractivity contribution in [3.8, 4) is 17.9 Å². The van der Waals surface area contributed by atoms with E-state index in [0.29, 0.717) is 0 Å². The van der Waals surface area contributed by atoms with Crippen molar-refractivity contribution in [1.29, 1.82) is 5.26 Å². The quantitative estimate of drug-likeness (QED) is 0.702. The van der Waals surface area contributed by atoms with Crippen LogP contribution >= 0.6 is 11.8 Å². The van der Waals surface area contributed by atoms with Gasteiger partial charge in [0.05, 0.1) is 18.0 Å². The molecule has 0 fully saturated rings. The van der Waals surface area contributed by atoms with Crippen molar-refractivity contribution < 1.29 is 0 Å². The fourth-order valence-corrected chi connectivity index (χ4v) is 2.58. The van der Waals surface area contributed by atoms with E-state index in [1.54, 1.807) is 11.8 Å². The molecule has 0 bridgehead atoms. The second kappa shape index (κ2) is 5.99. The zero-order valence-electron chi connectivity index (χ0n) is 10.2. The third-order valence-corrected chi connectivity index (χ3v) is 3.98. The van der Waals surface area contributed by atoms with Crippen molar-refractivity contribution in [2.24, 2.45) is 5.41 Å². The molecular weight excluding hydrogens is 216 g/mol. The number of rotatable bonds is 3. The molecule has 86 valence electrons. The largest absolute Gasteiger partial charge is 0.293 e. The lowest BCUT2D eigenvalue weighted by Gasteiger charge is -2.15. The number of allylic oxidation sites excluding steroid dienone is 1. The molecule has 0 saturated heterocycles. The topological polar surface area (TPSA) is 27.0 Å². The van der Waals surface area contributed by atoms with E-state index in [0.717, 1.165) is 31.0 Å². The van der Waals surface area contributed by atoms with Crippen LogP contribution in [0.2, 0.25) is 0 Å². The highest BCUT2D eigenvalue weighted by Crippen LogP contribution is 2.38. The first-order valence-corrected chi connectivity index (χ1v) is 6.66. The van der Waals surface area contributed by atoms with Crippen LogP contribution < -0.4 is 0 Å². The minimum atomic E-state index is -0.374. The van der Waals surface area contributed by atoms with Gasteiger partial charge in [-0.3, -0.25) is 4.90 Å². The molecule has 3 heteroatoms. The second-order valence-corrected chi connectivity index (χ2v) is 4.91. The van der Waals surface area contributed by atoms with Crippen LogP contribution in [0.3, 0.4) is 0 Å². The molecule has 0 aromatic rings. The number of nitriles is 1. The van der Waals surface area contributed by atoms with Crippen LogP contribution in [0.15, 0.2) is 11.0 Å². The Labute approximate surface area is 103 Å². The minimum absolute atomic E-state index is 0.374. The van der Waals surface area contributed by atoms with Gasteiger partial charge in [0.25, 0.3) is 0 Å². The minimum Gasteiger partial charge on any atom is -0.293 e. The fraction of sp³-hybridized carbons (Fsp3) is 0.615. The summed E-state index contributed by atoms with van der Waals surface area (Å²) in [6, 6.07) is 2.35. The van der Waals surface area contributed by atoms with Crippen molar-refractivity contribution in [3.63, 3.8) is 0 Å². The van der Waals surface area contributed by atoms with E-state index in [4.69, 9.17) is 5.26 Å². The smallest absolute Gasteiger partial charge is 0.0970 e. The zero-order chi connectivity index (χ0) is 12.0. The lowest BCUT2D eigenvalue weighted by Crippen LogP contribution is -2.23. The van der Waals surface area contributed by atoms with Gasteiger partial charge in [-0.25, -0.2) is 0 Å². The highest BCUT2D eigenvalue weighted by atomic mass is 32.2. The summed E-state index contributed by atoms with van der Waals surface area (Å²) in [6.45, 7) is 9.06. The first-order chi connectivity index (χ1) is 7.66. The molecule has 1 unspecified atom stereocenters. The molecule has 0 N–H and O–H groups in total. The number of hydrogen-bond donors (Lipinski definition) is 0. The Hall–Kier alpha value is -0.900. The van der Waals surface area contributed by atoms with Crippen LogP contribution in [0.4, 0.5) is 0 Å². The van der Waals surface area contributed by atoms with Gasteiger partial charge in [-0.2, -0.15) is 5.26 Å². The maximum atomic E-state index is 9.11. The number of hydrogen-bond acceptors (Lipinski definition) is 3. The van der Waals surface area contributed by atoms with Gasteiger partial charge in [0.15, 0.2) is 0 Å². The van der Waals surface area contributed by atoms with E-state index >= 15 is 0 Å². The van der Waals surface area contributed by atoms with Crippen LogP contribution in [-0.2, 0) is 0 Å². The van der Waals surface area contributed by atoms with E-state index in [1.807, 2.05) is 12.3 Å². The fourth-order valence-electron chi connectivity index (χ4n) is 1.45. The molecule has 0 spiro atoms. The van der Waals surface area contributed by atoms with Crippen LogP contribution in [0.5, 0.6) is 0 Å². The highest BCUT2D eigenvalue weighted by Gasteiger charge is 2.32. The molecule has 0 aliphatic carbocycles. The SMILES string of the molecule is CCN(CC)CC#CC1=CSCC1(C)C#N. The third kappa shape index (κ3) is 3.04. The summed E-state index contributed by atoms with van der Waals surface area (Å²) in [5, 5.41) is 11.1. The van der Waals surface area contributed by atoms with Crippen LogP contribution in [0.1, 0.15) is 20.8 Å².